The van der Waals surface area contributed by atoms with Crippen molar-refractivity contribution in [3.63, 3.8) is 0 Å². The number of nitrogens with zero attached hydrogens (tertiary/aromatic N) is 2. The highest BCUT2D eigenvalue weighted by Gasteiger charge is 2.19. The van der Waals surface area contributed by atoms with Gasteiger partial charge in [0.05, 0.1) is 25.6 Å². The number of methoxy groups -OCH3 is 1. The van der Waals surface area contributed by atoms with E-state index in [2.05, 4.69) is 9.84 Å². The molecule has 6 nitrogen and oxygen atoms in total. The van der Waals surface area contributed by atoms with Gasteiger partial charge in [0.25, 0.3) is 5.56 Å². The Labute approximate surface area is 122 Å². The Morgan fingerprint density at radius 3 is 2.67 bits per heavy atom. The number of carbonyl (C=O) groups excluding carboxylic acids is 1. The maximum atomic E-state index is 11.9. The van der Waals surface area contributed by atoms with Crippen LogP contribution in [0.3, 0.4) is 0 Å². The molecule has 0 radical (unpaired) electrons. The maximum Gasteiger partial charge on any atom is 0.374 e. The lowest BCUT2D eigenvalue weighted by atomic mass is 9.92. The molecule has 0 amide bonds. The monoisotopic (exact) mass is 290 g/mol. The molecule has 2 aromatic heterocycles. The van der Waals surface area contributed by atoms with Gasteiger partial charge in [0.1, 0.15) is 0 Å². The zero-order valence-corrected chi connectivity index (χ0v) is 12.5. The summed E-state index contributed by atoms with van der Waals surface area (Å²) in [7, 11) is 1.28. The van der Waals surface area contributed by atoms with Crippen molar-refractivity contribution in [2.75, 3.05) is 7.11 Å². The summed E-state index contributed by atoms with van der Waals surface area (Å²) >= 11 is 0. The van der Waals surface area contributed by atoms with Crippen molar-refractivity contribution in [3.05, 3.63) is 51.8 Å². The van der Waals surface area contributed by atoms with E-state index < -0.39 is 5.97 Å². The van der Waals surface area contributed by atoms with Gasteiger partial charge in [0, 0.05) is 17.0 Å². The number of aromatic nitrogens is 2. The summed E-state index contributed by atoms with van der Waals surface area (Å²) in [6, 6.07) is 4.82. The van der Waals surface area contributed by atoms with Crippen LogP contribution in [0, 0.1) is 0 Å². The van der Waals surface area contributed by atoms with E-state index in [9.17, 15) is 9.59 Å². The van der Waals surface area contributed by atoms with Gasteiger partial charge < -0.3 is 9.15 Å². The van der Waals surface area contributed by atoms with E-state index in [1.54, 1.807) is 12.1 Å². The summed E-state index contributed by atoms with van der Waals surface area (Å²) in [5, 5.41) is 4.36. The number of rotatable bonds is 3. The van der Waals surface area contributed by atoms with E-state index in [0.29, 0.717) is 5.56 Å². The fourth-order valence-electron chi connectivity index (χ4n) is 1.86. The van der Waals surface area contributed by atoms with Crippen LogP contribution < -0.4 is 5.56 Å². The quantitative estimate of drug-likeness (QED) is 0.808. The Bertz CT molecular complexity index is 707. The van der Waals surface area contributed by atoms with E-state index in [4.69, 9.17) is 4.42 Å². The first-order valence-electron chi connectivity index (χ1n) is 6.56. The van der Waals surface area contributed by atoms with E-state index >= 15 is 0 Å². The molecule has 6 heteroatoms. The molecule has 2 aromatic rings. The van der Waals surface area contributed by atoms with Gasteiger partial charge in [-0.1, -0.05) is 20.8 Å². The third-order valence-corrected chi connectivity index (χ3v) is 3.07. The lowest BCUT2D eigenvalue weighted by Gasteiger charge is -2.18. The lowest BCUT2D eigenvalue weighted by molar-refractivity contribution is 0.0563. The summed E-state index contributed by atoms with van der Waals surface area (Å²) in [4.78, 5) is 23.5. The highest BCUT2D eigenvalue weighted by Crippen LogP contribution is 2.18. The van der Waals surface area contributed by atoms with Gasteiger partial charge in [0.15, 0.2) is 0 Å². The molecule has 0 fully saturated rings. The van der Waals surface area contributed by atoms with Crippen molar-refractivity contribution in [1.29, 1.82) is 0 Å². The Kier molecular flexibility index (Phi) is 3.97. The molecule has 0 N–H and O–H groups in total. The molecule has 0 bridgehead atoms. The Morgan fingerprint density at radius 1 is 1.33 bits per heavy atom. The number of carbonyl (C=O) groups is 1. The molecular weight excluding hydrogens is 272 g/mol. The van der Waals surface area contributed by atoms with Crippen LogP contribution in [0.2, 0.25) is 0 Å². The average Bonchev–Trinajstić information content (AvgIpc) is 2.87. The summed E-state index contributed by atoms with van der Waals surface area (Å²) < 4.78 is 11.1. The largest absolute Gasteiger partial charge is 0.463 e. The van der Waals surface area contributed by atoms with Crippen LogP contribution in [-0.2, 0) is 16.7 Å². The normalized spacial score (nSPS) is 11.4. The smallest absolute Gasteiger partial charge is 0.374 e. The van der Waals surface area contributed by atoms with Crippen LogP contribution in [0.4, 0.5) is 0 Å². The van der Waals surface area contributed by atoms with E-state index in [0.717, 1.165) is 5.69 Å². The predicted octanol–water partition coefficient (Wildman–Crippen LogP) is 1.97. The first-order valence-corrected chi connectivity index (χ1v) is 6.56. The third kappa shape index (κ3) is 3.21. The standard InChI is InChI=1S/C15H18N2O4/c1-15(2,3)11-5-6-12(18)17(16-11)9-10-7-8-21-13(10)14(19)20-4/h5-8H,9H2,1-4H3. The van der Waals surface area contributed by atoms with Gasteiger partial charge in [-0.15, -0.1) is 0 Å². The second kappa shape index (κ2) is 5.55. The number of esters is 1. The van der Waals surface area contributed by atoms with Crippen molar-refractivity contribution in [2.45, 2.75) is 32.7 Å². The molecule has 0 aliphatic rings. The van der Waals surface area contributed by atoms with E-state index in [-0.39, 0.29) is 23.3 Å². The average molecular weight is 290 g/mol. The Hall–Kier alpha value is -2.37. The number of hydrogen-bond donors (Lipinski definition) is 0. The van der Waals surface area contributed by atoms with E-state index in [1.165, 1.54) is 24.1 Å². The van der Waals surface area contributed by atoms with Crippen LogP contribution >= 0.6 is 0 Å². The minimum absolute atomic E-state index is 0.0901. The zero-order valence-electron chi connectivity index (χ0n) is 12.5. The topological polar surface area (TPSA) is 74.3 Å². The molecule has 0 aromatic carbocycles. The second-order valence-corrected chi connectivity index (χ2v) is 5.73. The van der Waals surface area contributed by atoms with Crippen molar-refractivity contribution in [3.8, 4) is 0 Å². The minimum atomic E-state index is -0.574. The molecule has 0 saturated heterocycles. The molecule has 0 unspecified atom stereocenters. The molecule has 21 heavy (non-hydrogen) atoms. The first kappa shape index (κ1) is 15.0. The van der Waals surface area contributed by atoms with Gasteiger partial charge in [-0.3, -0.25) is 4.79 Å². The number of ether oxygens (including phenoxy) is 1. The SMILES string of the molecule is COC(=O)c1occc1Cn1nc(C(C)(C)C)ccc1=O. The predicted molar refractivity (Wildman–Crippen MR) is 76.3 cm³/mol. The molecular formula is C15H18N2O4. The van der Waals surface area contributed by atoms with Crippen molar-refractivity contribution >= 4 is 5.97 Å². The van der Waals surface area contributed by atoms with Gasteiger partial charge in [-0.05, 0) is 12.1 Å². The molecule has 0 aliphatic carbocycles. The van der Waals surface area contributed by atoms with Crippen LogP contribution in [0.15, 0.2) is 33.7 Å². The summed E-state index contributed by atoms with van der Waals surface area (Å²) in [6.45, 7) is 6.20. The van der Waals surface area contributed by atoms with Gasteiger partial charge in [-0.2, -0.15) is 5.10 Å². The summed E-state index contributed by atoms with van der Waals surface area (Å²) in [5.74, 6) is -0.484. The Balaban J connectivity index is 2.38. The maximum absolute atomic E-state index is 11.9. The minimum Gasteiger partial charge on any atom is -0.463 e. The van der Waals surface area contributed by atoms with Crippen molar-refractivity contribution in [2.24, 2.45) is 0 Å². The number of hydrogen-bond acceptors (Lipinski definition) is 5. The highest BCUT2D eigenvalue weighted by atomic mass is 16.5. The van der Waals surface area contributed by atoms with Gasteiger partial charge >= 0.3 is 5.97 Å². The van der Waals surface area contributed by atoms with Gasteiger partial charge in [0.2, 0.25) is 5.76 Å². The number of furan rings is 1. The fourth-order valence-corrected chi connectivity index (χ4v) is 1.86. The Morgan fingerprint density at radius 2 is 2.05 bits per heavy atom. The van der Waals surface area contributed by atoms with Crippen LogP contribution in [0.1, 0.15) is 42.6 Å². The van der Waals surface area contributed by atoms with Crippen LogP contribution in [-0.4, -0.2) is 22.9 Å². The fraction of sp³-hybridized carbons (Fsp3) is 0.400. The zero-order chi connectivity index (χ0) is 15.6. The molecule has 2 heterocycles. The molecule has 0 saturated carbocycles. The van der Waals surface area contributed by atoms with Crippen molar-refractivity contribution < 1.29 is 13.9 Å². The van der Waals surface area contributed by atoms with Crippen LogP contribution in [0.5, 0.6) is 0 Å². The van der Waals surface area contributed by atoms with E-state index in [1.807, 2.05) is 20.8 Å². The molecule has 2 rings (SSSR count). The van der Waals surface area contributed by atoms with Gasteiger partial charge in [-0.25, -0.2) is 9.48 Å². The summed E-state index contributed by atoms with van der Waals surface area (Å²) in [6.07, 6.45) is 1.39. The second-order valence-electron chi connectivity index (χ2n) is 5.73. The molecule has 0 spiro atoms. The third-order valence-electron chi connectivity index (χ3n) is 3.07. The lowest BCUT2D eigenvalue weighted by Crippen LogP contribution is -2.27. The van der Waals surface area contributed by atoms with Crippen LogP contribution in [0.25, 0.3) is 0 Å². The molecule has 0 aliphatic heterocycles. The highest BCUT2D eigenvalue weighted by molar-refractivity contribution is 5.87. The first-order chi connectivity index (χ1) is 9.82. The van der Waals surface area contributed by atoms with Crippen molar-refractivity contribution in [1.82, 2.24) is 9.78 Å². The molecule has 0 atom stereocenters. The molecule has 112 valence electrons. The summed E-state index contributed by atoms with van der Waals surface area (Å²) in [5.41, 5.74) is 0.949.